The molecule has 0 unspecified atom stereocenters. The fraction of sp³-hybridized carbons (Fsp3) is 1.00. The molecule has 1 aliphatic carbocycles. The summed E-state index contributed by atoms with van der Waals surface area (Å²) in [5.74, 6) is 1.68. The van der Waals surface area contributed by atoms with Crippen molar-refractivity contribution >= 4 is 9.84 Å². The van der Waals surface area contributed by atoms with E-state index >= 15 is 0 Å². The SMILES string of the molecule is CCC1CC(CS(C)(=O)=O)C1. The van der Waals surface area contributed by atoms with E-state index in [9.17, 15) is 8.42 Å². The van der Waals surface area contributed by atoms with Gasteiger partial charge in [-0.25, -0.2) is 8.42 Å². The van der Waals surface area contributed by atoms with Gasteiger partial charge in [-0.1, -0.05) is 13.3 Å². The molecular weight excluding hydrogens is 160 g/mol. The zero-order chi connectivity index (χ0) is 8.48. The predicted molar refractivity (Wildman–Crippen MR) is 46.2 cm³/mol. The minimum absolute atomic E-state index is 0.406. The quantitative estimate of drug-likeness (QED) is 0.652. The molecule has 0 bridgehead atoms. The van der Waals surface area contributed by atoms with Crippen LogP contribution in [0.1, 0.15) is 26.2 Å². The zero-order valence-corrected chi connectivity index (χ0v) is 8.02. The van der Waals surface area contributed by atoms with Crippen LogP contribution in [0.15, 0.2) is 0 Å². The van der Waals surface area contributed by atoms with Crippen LogP contribution in [0, 0.1) is 11.8 Å². The van der Waals surface area contributed by atoms with Crippen LogP contribution in [0.2, 0.25) is 0 Å². The Labute approximate surface area is 68.9 Å². The summed E-state index contributed by atoms with van der Waals surface area (Å²) in [6.45, 7) is 2.17. The van der Waals surface area contributed by atoms with Gasteiger partial charge in [0.2, 0.25) is 0 Å². The molecule has 11 heavy (non-hydrogen) atoms. The molecule has 0 N–H and O–H groups in total. The Morgan fingerprint density at radius 1 is 1.27 bits per heavy atom. The summed E-state index contributed by atoms with van der Waals surface area (Å²) < 4.78 is 21.7. The third kappa shape index (κ3) is 2.81. The van der Waals surface area contributed by atoms with Crippen molar-refractivity contribution in [3.8, 4) is 0 Å². The van der Waals surface area contributed by atoms with Crippen LogP contribution in [0.4, 0.5) is 0 Å². The molecule has 1 rings (SSSR count). The first-order valence-electron chi connectivity index (χ1n) is 4.19. The Kier molecular flexibility index (Phi) is 2.58. The highest BCUT2D eigenvalue weighted by Gasteiger charge is 2.29. The lowest BCUT2D eigenvalue weighted by atomic mass is 9.75. The number of rotatable bonds is 3. The Balaban J connectivity index is 2.24. The van der Waals surface area contributed by atoms with E-state index in [-0.39, 0.29) is 0 Å². The average Bonchev–Trinajstić information content (AvgIpc) is 1.75. The largest absolute Gasteiger partial charge is 0.229 e. The van der Waals surface area contributed by atoms with Crippen molar-refractivity contribution in [1.82, 2.24) is 0 Å². The van der Waals surface area contributed by atoms with Crippen molar-refractivity contribution < 1.29 is 8.42 Å². The van der Waals surface area contributed by atoms with Gasteiger partial charge in [-0.2, -0.15) is 0 Å². The van der Waals surface area contributed by atoms with Gasteiger partial charge in [0.15, 0.2) is 0 Å². The molecule has 0 spiro atoms. The van der Waals surface area contributed by atoms with Gasteiger partial charge in [-0.15, -0.1) is 0 Å². The summed E-state index contributed by atoms with van der Waals surface area (Å²) in [4.78, 5) is 0. The lowest BCUT2D eigenvalue weighted by Gasteiger charge is -2.33. The maximum Gasteiger partial charge on any atom is 0.147 e. The third-order valence-corrected chi connectivity index (χ3v) is 3.53. The van der Waals surface area contributed by atoms with Gasteiger partial charge in [0.25, 0.3) is 0 Å². The molecule has 0 saturated heterocycles. The van der Waals surface area contributed by atoms with Gasteiger partial charge in [-0.05, 0) is 24.7 Å². The molecule has 1 fully saturated rings. The van der Waals surface area contributed by atoms with E-state index in [1.54, 1.807) is 0 Å². The highest BCUT2D eigenvalue weighted by atomic mass is 32.2. The minimum atomic E-state index is -2.72. The standard InChI is InChI=1S/C8H16O2S/c1-3-7-4-8(5-7)6-11(2,9)10/h7-8H,3-6H2,1-2H3. The summed E-state index contributed by atoms with van der Waals surface area (Å²) in [5, 5.41) is 0. The lowest BCUT2D eigenvalue weighted by Crippen LogP contribution is -2.28. The van der Waals surface area contributed by atoms with Crippen LogP contribution in [-0.4, -0.2) is 20.4 Å². The topological polar surface area (TPSA) is 34.1 Å². The van der Waals surface area contributed by atoms with Gasteiger partial charge in [0.05, 0.1) is 5.75 Å². The van der Waals surface area contributed by atoms with Crippen LogP contribution in [-0.2, 0) is 9.84 Å². The first-order chi connectivity index (χ1) is 5.01. The first-order valence-corrected chi connectivity index (χ1v) is 6.25. The molecule has 1 aliphatic rings. The van der Waals surface area contributed by atoms with Crippen molar-refractivity contribution in [3.63, 3.8) is 0 Å². The van der Waals surface area contributed by atoms with Crippen LogP contribution in [0.25, 0.3) is 0 Å². The molecule has 0 amide bonds. The van der Waals surface area contributed by atoms with Crippen molar-refractivity contribution in [2.24, 2.45) is 11.8 Å². The van der Waals surface area contributed by atoms with E-state index in [1.807, 2.05) is 0 Å². The Bertz CT molecular complexity index is 212. The van der Waals surface area contributed by atoms with Crippen molar-refractivity contribution in [2.75, 3.05) is 12.0 Å². The Hall–Kier alpha value is -0.0500. The molecule has 0 aromatic rings. The Morgan fingerprint density at radius 3 is 2.18 bits per heavy atom. The van der Waals surface area contributed by atoms with Crippen molar-refractivity contribution in [3.05, 3.63) is 0 Å². The normalized spacial score (nSPS) is 31.5. The summed E-state index contributed by atoms with van der Waals surface area (Å²) in [6, 6.07) is 0. The second-order valence-corrected chi connectivity index (χ2v) is 5.89. The summed E-state index contributed by atoms with van der Waals surface area (Å²) in [5.41, 5.74) is 0. The smallest absolute Gasteiger partial charge is 0.147 e. The zero-order valence-electron chi connectivity index (χ0n) is 7.21. The van der Waals surface area contributed by atoms with Gasteiger partial charge < -0.3 is 0 Å². The van der Waals surface area contributed by atoms with Crippen LogP contribution in [0.5, 0.6) is 0 Å². The van der Waals surface area contributed by atoms with E-state index in [1.165, 1.54) is 12.7 Å². The summed E-state index contributed by atoms with van der Waals surface area (Å²) in [6.07, 6.45) is 4.79. The lowest BCUT2D eigenvalue weighted by molar-refractivity contribution is 0.208. The fourth-order valence-electron chi connectivity index (χ4n) is 1.77. The average molecular weight is 176 g/mol. The molecule has 66 valence electrons. The molecule has 3 heteroatoms. The summed E-state index contributed by atoms with van der Waals surface area (Å²) in [7, 11) is -2.72. The molecule has 2 nitrogen and oxygen atoms in total. The van der Waals surface area contributed by atoms with E-state index in [4.69, 9.17) is 0 Å². The second-order valence-electron chi connectivity index (χ2n) is 3.70. The van der Waals surface area contributed by atoms with Gasteiger partial charge in [0.1, 0.15) is 9.84 Å². The highest BCUT2D eigenvalue weighted by molar-refractivity contribution is 7.90. The van der Waals surface area contributed by atoms with E-state index in [0.717, 1.165) is 18.8 Å². The maximum absolute atomic E-state index is 10.8. The fourth-order valence-corrected chi connectivity index (χ4v) is 2.90. The number of sulfone groups is 1. The second kappa shape index (κ2) is 3.13. The number of hydrogen-bond donors (Lipinski definition) is 0. The van der Waals surface area contributed by atoms with E-state index in [2.05, 4.69) is 6.92 Å². The molecule has 0 aromatic heterocycles. The molecule has 0 aromatic carbocycles. The molecule has 0 radical (unpaired) electrons. The molecule has 0 aliphatic heterocycles. The highest BCUT2D eigenvalue weighted by Crippen LogP contribution is 2.36. The van der Waals surface area contributed by atoms with Gasteiger partial charge >= 0.3 is 0 Å². The van der Waals surface area contributed by atoms with Crippen LogP contribution >= 0.6 is 0 Å². The first kappa shape index (κ1) is 9.04. The summed E-state index contributed by atoms with van der Waals surface area (Å²) >= 11 is 0. The molecule has 0 heterocycles. The minimum Gasteiger partial charge on any atom is -0.229 e. The van der Waals surface area contributed by atoms with Gasteiger partial charge in [-0.3, -0.25) is 0 Å². The van der Waals surface area contributed by atoms with E-state index in [0.29, 0.717) is 11.7 Å². The number of hydrogen-bond acceptors (Lipinski definition) is 2. The van der Waals surface area contributed by atoms with E-state index < -0.39 is 9.84 Å². The van der Waals surface area contributed by atoms with Crippen molar-refractivity contribution in [1.29, 1.82) is 0 Å². The van der Waals surface area contributed by atoms with Crippen molar-refractivity contribution in [2.45, 2.75) is 26.2 Å². The van der Waals surface area contributed by atoms with Crippen LogP contribution < -0.4 is 0 Å². The predicted octanol–water partition coefficient (Wildman–Crippen LogP) is 1.47. The molecule has 1 saturated carbocycles. The monoisotopic (exact) mass is 176 g/mol. The molecule has 0 atom stereocenters. The Morgan fingerprint density at radius 2 is 1.82 bits per heavy atom. The van der Waals surface area contributed by atoms with Crippen LogP contribution in [0.3, 0.4) is 0 Å². The molecular formula is C8H16O2S. The van der Waals surface area contributed by atoms with Gasteiger partial charge in [0, 0.05) is 6.26 Å². The third-order valence-electron chi connectivity index (χ3n) is 2.45. The maximum atomic E-state index is 10.8.